The lowest BCUT2D eigenvalue weighted by atomic mass is 9.73. The van der Waals surface area contributed by atoms with Gasteiger partial charge in [0.15, 0.2) is 0 Å². The second-order valence-corrected chi connectivity index (χ2v) is 5.63. The average Bonchev–Trinajstić information content (AvgIpc) is 2.28. The van der Waals surface area contributed by atoms with Crippen LogP contribution in [0.25, 0.3) is 0 Å². The molecule has 17 heavy (non-hydrogen) atoms. The fourth-order valence-electron chi connectivity index (χ4n) is 2.87. The van der Waals surface area contributed by atoms with E-state index in [1.165, 1.54) is 0 Å². The Bertz CT molecular complexity index is 270. The molecule has 2 rings (SSSR count). The zero-order valence-corrected chi connectivity index (χ0v) is 11.1. The van der Waals surface area contributed by atoms with Crippen LogP contribution in [0.15, 0.2) is 0 Å². The topological polar surface area (TPSA) is 49.6 Å². The number of piperazine rings is 1. The van der Waals surface area contributed by atoms with Gasteiger partial charge in [-0.2, -0.15) is 0 Å². The van der Waals surface area contributed by atoms with Crippen LogP contribution in [-0.4, -0.2) is 54.5 Å². The highest BCUT2D eigenvalue weighted by atomic mass is 16.2. The van der Waals surface area contributed by atoms with E-state index in [4.69, 9.17) is 5.73 Å². The second kappa shape index (κ2) is 5.36. The van der Waals surface area contributed by atoms with Crippen molar-refractivity contribution in [2.45, 2.75) is 32.7 Å². The van der Waals surface area contributed by atoms with Crippen molar-refractivity contribution in [3.05, 3.63) is 0 Å². The van der Waals surface area contributed by atoms with Crippen LogP contribution in [0.2, 0.25) is 0 Å². The smallest absolute Gasteiger partial charge is 0.226 e. The lowest BCUT2D eigenvalue weighted by molar-refractivity contribution is -0.143. The van der Waals surface area contributed by atoms with E-state index in [1.807, 2.05) is 4.90 Å². The number of rotatable bonds is 3. The van der Waals surface area contributed by atoms with Gasteiger partial charge in [-0.05, 0) is 39.2 Å². The number of hydrogen-bond acceptors (Lipinski definition) is 3. The molecule has 2 aliphatic rings. The average molecular weight is 239 g/mol. The molecule has 2 atom stereocenters. The van der Waals surface area contributed by atoms with Crippen molar-refractivity contribution < 1.29 is 4.79 Å². The van der Waals surface area contributed by atoms with Gasteiger partial charge in [-0.15, -0.1) is 0 Å². The molecule has 0 bridgehead atoms. The number of nitrogens with zero attached hydrogens (tertiary/aromatic N) is 2. The summed E-state index contributed by atoms with van der Waals surface area (Å²) in [6, 6.07) is 0.591. The first-order valence-electron chi connectivity index (χ1n) is 6.86. The normalized spacial score (nSPS) is 30.5. The lowest BCUT2D eigenvalue weighted by Gasteiger charge is -2.42. The molecule has 0 radical (unpaired) electrons. The van der Waals surface area contributed by atoms with Crippen LogP contribution in [0.4, 0.5) is 0 Å². The van der Waals surface area contributed by atoms with Crippen molar-refractivity contribution >= 4 is 5.91 Å². The van der Waals surface area contributed by atoms with Crippen molar-refractivity contribution in [1.82, 2.24) is 9.80 Å². The highest BCUT2D eigenvalue weighted by Crippen LogP contribution is 2.35. The van der Waals surface area contributed by atoms with Gasteiger partial charge in [0.05, 0.1) is 0 Å². The first kappa shape index (κ1) is 12.8. The maximum atomic E-state index is 12.3. The minimum absolute atomic E-state index is 0.227. The van der Waals surface area contributed by atoms with E-state index in [0.717, 1.165) is 39.0 Å². The van der Waals surface area contributed by atoms with Crippen molar-refractivity contribution in [2.75, 3.05) is 32.7 Å². The third-order valence-corrected chi connectivity index (χ3v) is 4.39. The van der Waals surface area contributed by atoms with Crippen molar-refractivity contribution in [3.63, 3.8) is 0 Å². The van der Waals surface area contributed by atoms with Crippen molar-refractivity contribution in [3.8, 4) is 0 Å². The first-order chi connectivity index (χ1) is 8.13. The lowest BCUT2D eigenvalue weighted by Crippen LogP contribution is -2.54. The summed E-state index contributed by atoms with van der Waals surface area (Å²) in [6.45, 7) is 8.92. The van der Waals surface area contributed by atoms with Crippen LogP contribution in [0.5, 0.6) is 0 Å². The predicted molar refractivity (Wildman–Crippen MR) is 68.6 cm³/mol. The van der Waals surface area contributed by atoms with E-state index in [1.54, 1.807) is 0 Å². The third-order valence-electron chi connectivity index (χ3n) is 4.39. The van der Waals surface area contributed by atoms with E-state index in [-0.39, 0.29) is 5.92 Å². The minimum Gasteiger partial charge on any atom is -0.340 e. The summed E-state index contributed by atoms with van der Waals surface area (Å²) in [6.07, 6.45) is 2.18. The van der Waals surface area contributed by atoms with E-state index in [0.29, 0.717) is 24.4 Å². The van der Waals surface area contributed by atoms with Crippen molar-refractivity contribution in [2.24, 2.45) is 17.6 Å². The van der Waals surface area contributed by atoms with Gasteiger partial charge >= 0.3 is 0 Å². The van der Waals surface area contributed by atoms with Gasteiger partial charge in [0.25, 0.3) is 0 Å². The predicted octanol–water partition coefficient (Wildman–Crippen LogP) is 0.524. The molecule has 0 aromatic carbocycles. The Morgan fingerprint density at radius 1 is 1.24 bits per heavy atom. The molecular weight excluding hydrogens is 214 g/mol. The molecule has 2 fully saturated rings. The van der Waals surface area contributed by atoms with Gasteiger partial charge in [0.2, 0.25) is 5.91 Å². The first-order valence-corrected chi connectivity index (χ1v) is 6.86. The summed E-state index contributed by atoms with van der Waals surface area (Å²) < 4.78 is 0. The molecular formula is C13H25N3O. The van der Waals surface area contributed by atoms with Crippen LogP contribution in [0.3, 0.4) is 0 Å². The second-order valence-electron chi connectivity index (χ2n) is 5.63. The Kier molecular flexibility index (Phi) is 4.05. The van der Waals surface area contributed by atoms with Gasteiger partial charge in [-0.3, -0.25) is 9.69 Å². The number of carbonyl (C=O) groups is 1. The zero-order valence-electron chi connectivity index (χ0n) is 11.1. The molecule has 1 amide bonds. The SMILES string of the molecule is CC(C)N1CCN(C(=O)C2CCC2CN)CC1. The molecule has 1 saturated heterocycles. The molecule has 4 heteroatoms. The molecule has 2 N–H and O–H groups in total. The molecule has 1 aliphatic carbocycles. The highest BCUT2D eigenvalue weighted by molar-refractivity contribution is 5.80. The Morgan fingerprint density at radius 3 is 2.29 bits per heavy atom. The Hall–Kier alpha value is -0.610. The monoisotopic (exact) mass is 239 g/mol. The van der Waals surface area contributed by atoms with Gasteiger partial charge in [0.1, 0.15) is 0 Å². The third kappa shape index (κ3) is 2.63. The summed E-state index contributed by atoms with van der Waals surface area (Å²) in [4.78, 5) is 16.8. The fourth-order valence-corrected chi connectivity index (χ4v) is 2.87. The van der Waals surface area contributed by atoms with Crippen LogP contribution >= 0.6 is 0 Å². The molecule has 98 valence electrons. The molecule has 0 spiro atoms. The maximum Gasteiger partial charge on any atom is 0.226 e. The van der Waals surface area contributed by atoms with Crippen LogP contribution in [-0.2, 0) is 4.79 Å². The molecule has 1 aliphatic heterocycles. The Labute approximate surface area is 104 Å². The molecule has 4 nitrogen and oxygen atoms in total. The summed E-state index contributed by atoms with van der Waals surface area (Å²) in [7, 11) is 0. The van der Waals surface area contributed by atoms with E-state index < -0.39 is 0 Å². The Morgan fingerprint density at radius 2 is 1.88 bits per heavy atom. The van der Waals surface area contributed by atoms with Gasteiger partial charge in [0, 0.05) is 38.1 Å². The van der Waals surface area contributed by atoms with Gasteiger partial charge in [-0.25, -0.2) is 0 Å². The summed E-state index contributed by atoms with van der Waals surface area (Å²) >= 11 is 0. The molecule has 1 saturated carbocycles. The van der Waals surface area contributed by atoms with Gasteiger partial charge < -0.3 is 10.6 Å². The minimum atomic E-state index is 0.227. The molecule has 1 heterocycles. The molecule has 2 unspecified atom stereocenters. The quantitative estimate of drug-likeness (QED) is 0.781. The van der Waals surface area contributed by atoms with Crippen LogP contribution in [0.1, 0.15) is 26.7 Å². The number of nitrogens with two attached hydrogens (primary N) is 1. The van der Waals surface area contributed by atoms with E-state index in [2.05, 4.69) is 18.7 Å². The summed E-state index contributed by atoms with van der Waals surface area (Å²) in [5, 5.41) is 0. The number of carbonyl (C=O) groups excluding carboxylic acids is 1. The fraction of sp³-hybridized carbons (Fsp3) is 0.923. The van der Waals surface area contributed by atoms with Crippen molar-refractivity contribution in [1.29, 1.82) is 0 Å². The highest BCUT2D eigenvalue weighted by Gasteiger charge is 2.38. The standard InChI is InChI=1S/C13H25N3O/c1-10(2)15-5-7-16(8-6-15)13(17)12-4-3-11(12)9-14/h10-12H,3-9,14H2,1-2H3. The van der Waals surface area contributed by atoms with Crippen LogP contribution in [0, 0.1) is 11.8 Å². The van der Waals surface area contributed by atoms with Crippen LogP contribution < -0.4 is 5.73 Å². The van der Waals surface area contributed by atoms with E-state index >= 15 is 0 Å². The zero-order chi connectivity index (χ0) is 12.4. The maximum absolute atomic E-state index is 12.3. The number of amides is 1. The summed E-state index contributed by atoms with van der Waals surface area (Å²) in [5.41, 5.74) is 5.67. The summed E-state index contributed by atoms with van der Waals surface area (Å²) in [5.74, 6) is 1.03. The van der Waals surface area contributed by atoms with E-state index in [9.17, 15) is 4.79 Å². The molecule has 0 aromatic heterocycles. The van der Waals surface area contributed by atoms with Gasteiger partial charge in [-0.1, -0.05) is 0 Å². The molecule has 0 aromatic rings. The number of hydrogen-bond donors (Lipinski definition) is 1. The largest absolute Gasteiger partial charge is 0.340 e. The Balaban J connectivity index is 1.82.